The Bertz CT molecular complexity index is 861. The van der Waals surface area contributed by atoms with Gasteiger partial charge in [0.05, 0.1) is 0 Å². The molecule has 0 aliphatic carbocycles. The molecule has 0 amide bonds. The molecule has 0 spiro atoms. The van der Waals surface area contributed by atoms with E-state index in [1.54, 1.807) is 6.92 Å². The van der Waals surface area contributed by atoms with E-state index in [0.717, 1.165) is 0 Å². The molecule has 14 heteroatoms. The van der Waals surface area contributed by atoms with Crippen LogP contribution in [0, 0.1) is 0 Å². The molecule has 0 saturated heterocycles. The summed E-state index contributed by atoms with van der Waals surface area (Å²) >= 11 is 0. The number of para-hydroxylation sites is 1. The van der Waals surface area contributed by atoms with E-state index in [1.807, 2.05) is 10.6 Å². The smallest absolute Gasteiger partial charge is 0.370 e. The van der Waals surface area contributed by atoms with Crippen molar-refractivity contribution in [1.29, 1.82) is 0 Å². The Kier molecular flexibility index (Phi) is 7.39. The molecule has 0 aliphatic heterocycles. The van der Waals surface area contributed by atoms with Gasteiger partial charge in [-0.3, -0.25) is 0 Å². The summed E-state index contributed by atoms with van der Waals surface area (Å²) in [5.41, 5.74) is -12.7. The van der Waals surface area contributed by atoms with E-state index in [4.69, 9.17) is 0 Å². The lowest BCUT2D eigenvalue weighted by Crippen LogP contribution is -2.39. The molecule has 1 aromatic carbocycles. The number of rotatable bonds is 8. The molecule has 28 heavy (non-hydrogen) atoms. The minimum atomic E-state index is -6.89. The maximum absolute atomic E-state index is 13.0. The van der Waals surface area contributed by atoms with Crippen molar-refractivity contribution >= 4 is 25.4 Å². The quantitative estimate of drug-likeness (QED) is 0.462. The summed E-state index contributed by atoms with van der Waals surface area (Å²) in [5.74, 6) is -1.44. The summed E-state index contributed by atoms with van der Waals surface area (Å²) in [6, 6.07) is 6.56. The van der Waals surface area contributed by atoms with Gasteiger partial charge in [0.1, 0.15) is 5.82 Å². The summed E-state index contributed by atoms with van der Waals surface area (Å²) in [6.45, 7) is 1.37. The zero-order chi connectivity index (χ0) is 21.8. The van der Waals surface area contributed by atoms with E-state index in [-0.39, 0.29) is 18.7 Å². The van der Waals surface area contributed by atoms with Crippen LogP contribution in [0.15, 0.2) is 40.4 Å². The maximum Gasteiger partial charge on any atom is 0.502 e. The Morgan fingerprint density at radius 2 is 1.36 bits per heavy atom. The molecule has 0 unspecified atom stereocenters. The minimum Gasteiger partial charge on any atom is -0.370 e. The van der Waals surface area contributed by atoms with Gasteiger partial charge in [0.15, 0.2) is 0 Å². The van der Waals surface area contributed by atoms with Gasteiger partial charge in [0.25, 0.3) is 19.7 Å². The third-order valence-electron chi connectivity index (χ3n) is 3.18. The van der Waals surface area contributed by atoms with Crippen LogP contribution in [-0.2, 0) is 19.7 Å². The van der Waals surface area contributed by atoms with Crippen molar-refractivity contribution < 1.29 is 43.2 Å². The fourth-order valence-corrected chi connectivity index (χ4v) is 4.77. The van der Waals surface area contributed by atoms with Crippen LogP contribution in [-0.4, -0.2) is 34.4 Å². The lowest BCUT2D eigenvalue weighted by molar-refractivity contribution is -0.0444. The van der Waals surface area contributed by atoms with Crippen molar-refractivity contribution in [3.05, 3.63) is 40.4 Å². The zero-order valence-electron chi connectivity index (χ0n) is 14.2. The molecule has 160 valence electrons. The normalized spacial score (nSPS) is 13.1. The fraction of sp³-hybridized carbons (Fsp3) is 0.429. The molecular weight excluding hydrogens is 438 g/mol. The van der Waals surface area contributed by atoms with Gasteiger partial charge in [-0.15, -0.1) is 0 Å². The third-order valence-corrected chi connectivity index (χ3v) is 7.10. The van der Waals surface area contributed by atoms with E-state index in [9.17, 15) is 43.2 Å². The van der Waals surface area contributed by atoms with Crippen LogP contribution in [0.25, 0.3) is 0 Å². The van der Waals surface area contributed by atoms with Crippen molar-refractivity contribution in [2.75, 3.05) is 11.9 Å². The van der Waals surface area contributed by atoms with Gasteiger partial charge in [-0.2, -0.15) is 26.3 Å². The maximum atomic E-state index is 13.0. The van der Waals surface area contributed by atoms with Crippen LogP contribution in [0.1, 0.15) is 19.8 Å². The lowest BCUT2D eigenvalue weighted by Gasteiger charge is -2.20. The highest BCUT2D eigenvalue weighted by atomic mass is 32.3. The van der Waals surface area contributed by atoms with Gasteiger partial charge in [0.2, 0.25) is 4.24 Å². The van der Waals surface area contributed by atoms with Crippen LogP contribution in [0.5, 0.6) is 0 Å². The van der Waals surface area contributed by atoms with Crippen LogP contribution >= 0.6 is 0 Å². The molecule has 0 saturated carbocycles. The van der Waals surface area contributed by atoms with Crippen LogP contribution in [0.2, 0.25) is 0 Å². The van der Waals surface area contributed by atoms with Crippen molar-refractivity contribution in [1.82, 2.24) is 5.32 Å². The zero-order valence-corrected chi connectivity index (χ0v) is 15.9. The molecule has 6 nitrogen and oxygen atoms in total. The lowest BCUT2D eigenvalue weighted by atomic mass is 10.3. The second-order valence-electron chi connectivity index (χ2n) is 5.33. The Morgan fingerprint density at radius 3 is 1.75 bits per heavy atom. The first-order valence-corrected chi connectivity index (χ1v) is 10.6. The highest BCUT2D eigenvalue weighted by molar-refractivity contribution is 8.15. The number of hydrogen-bond acceptors (Lipinski definition) is 6. The minimum absolute atomic E-state index is 0.131. The van der Waals surface area contributed by atoms with Crippen molar-refractivity contribution in [2.45, 2.75) is 30.8 Å². The molecule has 0 aromatic heterocycles. The number of anilines is 1. The van der Waals surface area contributed by atoms with Gasteiger partial charge in [-0.05, 0) is 18.6 Å². The Morgan fingerprint density at radius 1 is 0.893 bits per heavy atom. The highest BCUT2D eigenvalue weighted by Crippen LogP contribution is 2.40. The predicted molar refractivity (Wildman–Crippen MR) is 90.0 cm³/mol. The summed E-state index contributed by atoms with van der Waals surface area (Å²) in [5, 5.41) is 4.04. The first kappa shape index (κ1) is 24.1. The molecule has 0 aliphatic rings. The van der Waals surface area contributed by atoms with Gasteiger partial charge in [0, 0.05) is 12.2 Å². The van der Waals surface area contributed by atoms with Gasteiger partial charge < -0.3 is 10.6 Å². The first-order valence-electron chi connectivity index (χ1n) is 7.59. The second-order valence-corrected chi connectivity index (χ2v) is 9.35. The van der Waals surface area contributed by atoms with Gasteiger partial charge >= 0.3 is 11.0 Å². The predicted octanol–water partition coefficient (Wildman–Crippen LogP) is 3.48. The fourth-order valence-electron chi connectivity index (χ4n) is 1.85. The van der Waals surface area contributed by atoms with E-state index < -0.39 is 40.7 Å². The van der Waals surface area contributed by atoms with E-state index in [0.29, 0.717) is 6.42 Å². The molecule has 0 radical (unpaired) electrons. The number of sulfone groups is 2. The second kappa shape index (κ2) is 8.59. The van der Waals surface area contributed by atoms with Crippen molar-refractivity contribution in [2.24, 2.45) is 0 Å². The summed E-state index contributed by atoms with van der Waals surface area (Å²) in [7, 11) is -13.8. The summed E-state index contributed by atoms with van der Waals surface area (Å²) < 4.78 is 122. The molecule has 1 rings (SSSR count). The molecule has 2 N–H and O–H groups in total. The number of hydrogen-bond donors (Lipinski definition) is 2. The first-order chi connectivity index (χ1) is 12.7. The third kappa shape index (κ3) is 5.31. The summed E-state index contributed by atoms with van der Waals surface area (Å²) in [6.07, 6.45) is 0.657. The number of halogens is 6. The number of benzene rings is 1. The number of alkyl halides is 6. The van der Waals surface area contributed by atoms with Crippen LogP contribution in [0.3, 0.4) is 0 Å². The highest BCUT2D eigenvalue weighted by Gasteiger charge is 2.61. The number of unbranched alkanes of at least 4 members (excludes halogenated alkanes) is 1. The average Bonchev–Trinajstić information content (AvgIpc) is 2.53. The average molecular weight is 454 g/mol. The molecule has 0 fully saturated rings. The SMILES string of the molecule is CCCCNC(Nc1ccccc1)=C(S(=O)(=O)C(F)(F)F)S(=O)(=O)C(F)(F)F. The van der Waals surface area contributed by atoms with E-state index >= 15 is 0 Å². The van der Waals surface area contributed by atoms with E-state index in [2.05, 4.69) is 0 Å². The molecular formula is C14H16F6N2O4S2. The van der Waals surface area contributed by atoms with Gasteiger partial charge in [-0.25, -0.2) is 16.8 Å². The van der Waals surface area contributed by atoms with Crippen LogP contribution < -0.4 is 10.6 Å². The molecule has 0 atom stereocenters. The monoisotopic (exact) mass is 454 g/mol. The van der Waals surface area contributed by atoms with E-state index in [1.165, 1.54) is 30.3 Å². The van der Waals surface area contributed by atoms with Gasteiger partial charge in [-0.1, -0.05) is 31.5 Å². The molecule has 0 heterocycles. The topological polar surface area (TPSA) is 92.3 Å². The van der Waals surface area contributed by atoms with Crippen LogP contribution in [0.4, 0.5) is 32.0 Å². The molecule has 0 bridgehead atoms. The Labute approximate surface area is 157 Å². The molecule has 1 aromatic rings. The van der Waals surface area contributed by atoms with Crippen molar-refractivity contribution in [3.8, 4) is 0 Å². The standard InChI is InChI=1S/C14H16F6N2O4S2/c1-2-3-9-21-11(22-10-7-5-4-6-8-10)12(27(23,24)13(15,16)17)28(25,26)14(18,19)20/h4-8,21-22H,2-3,9H2,1H3. The largest absolute Gasteiger partial charge is 0.502 e. The summed E-state index contributed by atoms with van der Waals surface area (Å²) in [4.78, 5) is 0. The Balaban J connectivity index is 3.83. The Hall–Kier alpha value is -1.96. The number of nitrogens with one attached hydrogen (secondary N) is 2. The van der Waals surface area contributed by atoms with Crippen molar-refractivity contribution in [3.63, 3.8) is 0 Å².